The van der Waals surface area contributed by atoms with Gasteiger partial charge in [0.2, 0.25) is 0 Å². The molecular formula is C25H27FN2O2S. The zero-order valence-corrected chi connectivity index (χ0v) is 19.1. The Morgan fingerprint density at radius 2 is 1.84 bits per heavy atom. The summed E-state index contributed by atoms with van der Waals surface area (Å²) in [7, 11) is -1.21. The van der Waals surface area contributed by atoms with E-state index in [2.05, 4.69) is 24.1 Å². The lowest BCUT2D eigenvalue weighted by Crippen LogP contribution is -2.19. The summed E-state index contributed by atoms with van der Waals surface area (Å²) >= 11 is 0. The van der Waals surface area contributed by atoms with Crippen molar-refractivity contribution in [3.05, 3.63) is 88.4 Å². The maximum absolute atomic E-state index is 13.5. The van der Waals surface area contributed by atoms with E-state index in [1.807, 2.05) is 25.2 Å². The molecule has 2 aromatic rings. The molecule has 0 saturated carbocycles. The molecule has 2 heterocycles. The van der Waals surface area contributed by atoms with Crippen molar-refractivity contribution in [2.45, 2.75) is 37.8 Å². The van der Waals surface area contributed by atoms with Gasteiger partial charge in [-0.15, -0.1) is 0 Å². The van der Waals surface area contributed by atoms with Gasteiger partial charge in [-0.25, -0.2) is 12.8 Å². The Bertz CT molecular complexity index is 1210. The van der Waals surface area contributed by atoms with E-state index in [4.69, 9.17) is 4.99 Å². The molecule has 0 bridgehead atoms. The molecule has 2 aromatic carbocycles. The van der Waals surface area contributed by atoms with Gasteiger partial charge in [0.25, 0.3) is 0 Å². The smallest absolute Gasteiger partial charge is 0.156 e. The quantitative estimate of drug-likeness (QED) is 0.701. The molecule has 0 N–H and O–H groups in total. The minimum absolute atomic E-state index is 0.00130. The molecular weight excluding hydrogens is 411 g/mol. The molecule has 0 unspecified atom stereocenters. The Hall–Kier alpha value is -2.73. The second-order valence-corrected chi connectivity index (χ2v) is 11.1. The van der Waals surface area contributed by atoms with Crippen LogP contribution in [0.2, 0.25) is 0 Å². The number of halogens is 1. The van der Waals surface area contributed by atoms with E-state index in [-0.39, 0.29) is 17.6 Å². The predicted molar refractivity (Wildman–Crippen MR) is 124 cm³/mol. The summed E-state index contributed by atoms with van der Waals surface area (Å²) < 4.78 is 38.6. The summed E-state index contributed by atoms with van der Waals surface area (Å²) in [5.74, 6) is -0.292. The molecule has 0 spiro atoms. The summed E-state index contributed by atoms with van der Waals surface area (Å²) in [4.78, 5) is 7.11. The third kappa shape index (κ3) is 4.22. The summed E-state index contributed by atoms with van der Waals surface area (Å²) in [6.45, 7) is 6.27. The second-order valence-electron chi connectivity index (χ2n) is 8.54. The molecule has 31 heavy (non-hydrogen) atoms. The van der Waals surface area contributed by atoms with Crippen LogP contribution in [0.3, 0.4) is 0 Å². The highest BCUT2D eigenvalue weighted by Crippen LogP contribution is 2.37. The minimum atomic E-state index is -3.22. The Labute approximate surface area is 183 Å². The lowest BCUT2D eigenvalue weighted by molar-refractivity contribution is 0.503. The standard InChI is InChI=1S/C25H27FN2O2S/c1-16(2)31(29,30)15-18-5-10-22-23(13-18)24-14-28(4)12-11-21(24)17(3)27-25(22)19-6-8-20(26)9-7-19/h5-11,13-14,16-17H,12,15H2,1-4H3/t17-/m0/s1. The van der Waals surface area contributed by atoms with Gasteiger partial charge in [-0.3, -0.25) is 4.99 Å². The Kier molecular flexibility index (Phi) is 5.60. The number of benzene rings is 2. The number of nitrogens with zero attached hydrogens (tertiary/aromatic N) is 2. The minimum Gasteiger partial charge on any atom is -0.376 e. The molecule has 2 aliphatic rings. The molecule has 6 heteroatoms. The molecule has 4 rings (SSSR count). The van der Waals surface area contributed by atoms with Crippen LogP contribution in [0.25, 0.3) is 5.57 Å². The van der Waals surface area contributed by atoms with E-state index in [1.54, 1.807) is 26.0 Å². The first-order valence-corrected chi connectivity index (χ1v) is 12.2. The number of fused-ring (bicyclic) bond motifs is 3. The molecule has 4 nitrogen and oxygen atoms in total. The molecule has 0 amide bonds. The van der Waals surface area contributed by atoms with Gasteiger partial charge in [-0.05, 0) is 67.8 Å². The van der Waals surface area contributed by atoms with Gasteiger partial charge in [0, 0.05) is 36.5 Å². The second kappa shape index (κ2) is 8.08. The zero-order chi connectivity index (χ0) is 22.3. The van der Waals surface area contributed by atoms with Crippen LogP contribution >= 0.6 is 0 Å². The number of aliphatic imine (C=N–C) groups is 1. The highest BCUT2D eigenvalue weighted by molar-refractivity contribution is 7.91. The van der Waals surface area contributed by atoms with Crippen molar-refractivity contribution in [1.82, 2.24) is 4.90 Å². The molecule has 0 aromatic heterocycles. The Morgan fingerprint density at radius 3 is 2.52 bits per heavy atom. The topological polar surface area (TPSA) is 49.7 Å². The van der Waals surface area contributed by atoms with E-state index >= 15 is 0 Å². The van der Waals surface area contributed by atoms with Crippen LogP contribution in [-0.4, -0.2) is 43.9 Å². The molecule has 2 aliphatic heterocycles. The highest BCUT2D eigenvalue weighted by Gasteiger charge is 2.28. The van der Waals surface area contributed by atoms with Crippen molar-refractivity contribution >= 4 is 21.1 Å². The predicted octanol–water partition coefficient (Wildman–Crippen LogP) is 4.60. The lowest BCUT2D eigenvalue weighted by atomic mass is 9.88. The van der Waals surface area contributed by atoms with Crippen LogP contribution in [0.5, 0.6) is 0 Å². The van der Waals surface area contributed by atoms with E-state index in [0.717, 1.165) is 45.7 Å². The highest BCUT2D eigenvalue weighted by atomic mass is 32.2. The maximum Gasteiger partial charge on any atom is 0.156 e. The lowest BCUT2D eigenvalue weighted by Gasteiger charge is -2.25. The van der Waals surface area contributed by atoms with Gasteiger partial charge in [-0.1, -0.05) is 18.2 Å². The van der Waals surface area contributed by atoms with Crippen LogP contribution in [0, 0.1) is 5.82 Å². The number of rotatable bonds is 4. The van der Waals surface area contributed by atoms with Crippen molar-refractivity contribution in [2.24, 2.45) is 4.99 Å². The van der Waals surface area contributed by atoms with Crippen LogP contribution in [0.15, 0.2) is 65.3 Å². The van der Waals surface area contributed by atoms with Crippen molar-refractivity contribution < 1.29 is 12.8 Å². The first-order chi connectivity index (χ1) is 14.7. The fraction of sp³-hybridized carbons (Fsp3) is 0.320. The first-order valence-electron chi connectivity index (χ1n) is 10.5. The van der Waals surface area contributed by atoms with Gasteiger partial charge < -0.3 is 4.90 Å². The summed E-state index contributed by atoms with van der Waals surface area (Å²) in [6, 6.07) is 12.1. The van der Waals surface area contributed by atoms with Crippen LogP contribution in [0.4, 0.5) is 4.39 Å². The third-order valence-electron chi connectivity index (χ3n) is 5.87. The Morgan fingerprint density at radius 1 is 1.13 bits per heavy atom. The monoisotopic (exact) mass is 438 g/mol. The molecule has 0 saturated heterocycles. The number of hydrogen-bond donors (Lipinski definition) is 0. The van der Waals surface area contributed by atoms with E-state index in [0.29, 0.717) is 0 Å². The maximum atomic E-state index is 13.5. The summed E-state index contributed by atoms with van der Waals surface area (Å²) in [6.07, 6.45) is 4.28. The average Bonchev–Trinajstić information content (AvgIpc) is 2.83. The van der Waals surface area contributed by atoms with E-state index < -0.39 is 15.1 Å². The van der Waals surface area contributed by atoms with Crippen molar-refractivity contribution in [2.75, 3.05) is 13.6 Å². The van der Waals surface area contributed by atoms with Gasteiger partial charge in [0.1, 0.15) is 5.82 Å². The molecule has 162 valence electrons. The fourth-order valence-electron chi connectivity index (χ4n) is 4.00. The Balaban J connectivity index is 1.91. The normalized spacial score (nSPS) is 18.6. The average molecular weight is 439 g/mol. The number of sulfone groups is 1. The largest absolute Gasteiger partial charge is 0.376 e. The summed E-state index contributed by atoms with van der Waals surface area (Å²) in [5.41, 5.74) is 6.45. The molecule has 0 aliphatic carbocycles. The molecule has 0 fully saturated rings. The van der Waals surface area contributed by atoms with Gasteiger partial charge >= 0.3 is 0 Å². The first kappa shape index (κ1) is 21.5. The van der Waals surface area contributed by atoms with Crippen molar-refractivity contribution in [3.8, 4) is 0 Å². The SMILES string of the molecule is CC(C)S(=O)(=O)Cc1ccc2c(c1)C1=CN(C)CC=C1[C@H](C)N=C2c1ccc(F)cc1. The summed E-state index contributed by atoms with van der Waals surface area (Å²) in [5, 5.41) is -0.432. The third-order valence-corrected chi connectivity index (χ3v) is 8.04. The van der Waals surface area contributed by atoms with Gasteiger partial charge in [0.15, 0.2) is 9.84 Å². The van der Waals surface area contributed by atoms with Crippen molar-refractivity contribution in [3.63, 3.8) is 0 Å². The van der Waals surface area contributed by atoms with E-state index in [1.165, 1.54) is 12.1 Å². The van der Waals surface area contributed by atoms with Crippen molar-refractivity contribution in [1.29, 1.82) is 0 Å². The number of hydrogen-bond acceptors (Lipinski definition) is 4. The van der Waals surface area contributed by atoms with Crippen LogP contribution in [-0.2, 0) is 15.6 Å². The number of likely N-dealkylation sites (N-methyl/N-ethyl adjacent to an activating group) is 1. The van der Waals surface area contributed by atoms with E-state index in [9.17, 15) is 12.8 Å². The fourth-order valence-corrected chi connectivity index (χ4v) is 4.98. The van der Waals surface area contributed by atoms with Gasteiger partial charge in [-0.2, -0.15) is 0 Å². The zero-order valence-electron chi connectivity index (χ0n) is 18.3. The van der Waals surface area contributed by atoms with Crippen LogP contribution in [0.1, 0.15) is 43.0 Å². The van der Waals surface area contributed by atoms with Crippen LogP contribution < -0.4 is 0 Å². The molecule has 0 radical (unpaired) electrons. The molecule has 1 atom stereocenters. The van der Waals surface area contributed by atoms with Gasteiger partial charge in [0.05, 0.1) is 22.8 Å².